The fourth-order valence-corrected chi connectivity index (χ4v) is 3.80. The van der Waals surface area contributed by atoms with Gasteiger partial charge >= 0.3 is 6.18 Å². The number of imidazole rings is 1. The van der Waals surface area contributed by atoms with E-state index in [1.807, 2.05) is 18.1 Å². The van der Waals surface area contributed by atoms with Crippen molar-refractivity contribution in [1.29, 1.82) is 0 Å². The van der Waals surface area contributed by atoms with Crippen molar-refractivity contribution in [2.75, 3.05) is 22.3 Å². The number of aryl methyl sites for hydroxylation is 1. The summed E-state index contributed by atoms with van der Waals surface area (Å²) in [7, 11) is 1.82. The molecule has 0 spiro atoms. The first-order valence-corrected chi connectivity index (χ1v) is 9.58. The van der Waals surface area contributed by atoms with Crippen LogP contribution in [0.3, 0.4) is 0 Å². The van der Waals surface area contributed by atoms with Crippen LogP contribution in [-0.4, -0.2) is 37.3 Å². The minimum absolute atomic E-state index is 0.0613. The molecule has 7 nitrogen and oxygen atoms in total. The topological polar surface area (TPSA) is 78.7 Å². The van der Waals surface area contributed by atoms with Crippen LogP contribution in [0.2, 0.25) is 0 Å². The summed E-state index contributed by atoms with van der Waals surface area (Å²) in [4.78, 5) is 19.1. The Morgan fingerprint density at radius 1 is 1.32 bits per heavy atom. The summed E-state index contributed by atoms with van der Waals surface area (Å²) in [5.74, 6) is -0.485. The number of anilines is 2. The number of nitrogens with zero attached hydrogens (tertiary/aromatic N) is 4. The highest BCUT2D eigenvalue weighted by atomic mass is 32.2. The molecule has 1 aromatic carbocycles. The number of carbonyl (C=O) groups excluding carboxylic acids is 1. The molecule has 3 rings (SSSR count). The lowest BCUT2D eigenvalue weighted by Gasteiger charge is -2.34. The van der Waals surface area contributed by atoms with Gasteiger partial charge in [0.1, 0.15) is 5.82 Å². The lowest BCUT2D eigenvalue weighted by Crippen LogP contribution is -2.45. The molecule has 2 aromatic rings. The van der Waals surface area contributed by atoms with Crippen LogP contribution in [-0.2, 0) is 29.3 Å². The first kappa shape index (κ1) is 20.3. The Bertz CT molecular complexity index is 869. The Morgan fingerprint density at radius 3 is 2.54 bits per heavy atom. The van der Waals surface area contributed by atoms with Gasteiger partial charge in [0.2, 0.25) is 5.91 Å². The summed E-state index contributed by atoms with van der Waals surface area (Å²) in [6.07, 6.45) is 0.115. The first-order chi connectivity index (χ1) is 13.2. The zero-order valence-electron chi connectivity index (χ0n) is 15.0. The van der Waals surface area contributed by atoms with Gasteiger partial charge in [0, 0.05) is 26.3 Å². The normalized spacial score (nSPS) is 18.8. The Morgan fingerprint density at radius 2 is 2.00 bits per heavy atom. The van der Waals surface area contributed by atoms with Crippen molar-refractivity contribution in [3.05, 3.63) is 42.4 Å². The highest BCUT2D eigenvalue weighted by Gasteiger charge is 2.34. The van der Waals surface area contributed by atoms with E-state index in [-0.39, 0.29) is 5.69 Å². The molecule has 1 saturated heterocycles. The van der Waals surface area contributed by atoms with Crippen LogP contribution in [0, 0.1) is 5.92 Å². The van der Waals surface area contributed by atoms with Crippen LogP contribution < -0.4 is 9.21 Å². The SMILES string of the molecule is Cn1cnc(N2CCC[C@@H](C(=O)N(c3ccc(C(F)(F)F)cc3)S(=O)O)C2)c1. The van der Waals surface area contributed by atoms with Gasteiger partial charge in [0.25, 0.3) is 11.3 Å². The van der Waals surface area contributed by atoms with E-state index in [1.54, 1.807) is 10.9 Å². The lowest BCUT2D eigenvalue weighted by atomic mass is 9.97. The van der Waals surface area contributed by atoms with Gasteiger partial charge < -0.3 is 9.47 Å². The molecule has 0 saturated carbocycles. The molecule has 1 aliphatic rings. The molecule has 152 valence electrons. The average molecular weight is 416 g/mol. The molecule has 11 heteroatoms. The predicted molar refractivity (Wildman–Crippen MR) is 97.8 cm³/mol. The number of benzene rings is 1. The van der Waals surface area contributed by atoms with Gasteiger partial charge in [-0.25, -0.2) is 13.5 Å². The summed E-state index contributed by atoms with van der Waals surface area (Å²) in [5.41, 5.74) is -0.958. The molecule has 1 N–H and O–H groups in total. The van der Waals surface area contributed by atoms with E-state index in [0.29, 0.717) is 36.1 Å². The molecule has 1 unspecified atom stereocenters. The van der Waals surface area contributed by atoms with Crippen molar-refractivity contribution in [2.24, 2.45) is 13.0 Å². The summed E-state index contributed by atoms with van der Waals surface area (Å²) in [5, 5.41) is 0. The van der Waals surface area contributed by atoms with Crippen LogP contribution >= 0.6 is 0 Å². The number of halogens is 3. The fourth-order valence-electron chi connectivity index (χ4n) is 3.20. The van der Waals surface area contributed by atoms with E-state index in [1.165, 1.54) is 0 Å². The van der Waals surface area contributed by atoms with Crippen LogP contribution in [0.25, 0.3) is 0 Å². The molecule has 0 radical (unpaired) electrons. The van der Waals surface area contributed by atoms with Crippen molar-refractivity contribution in [1.82, 2.24) is 9.55 Å². The van der Waals surface area contributed by atoms with Gasteiger partial charge in [-0.05, 0) is 37.1 Å². The van der Waals surface area contributed by atoms with Crippen LogP contribution in [0.15, 0.2) is 36.8 Å². The van der Waals surface area contributed by atoms with Gasteiger partial charge in [-0.15, -0.1) is 0 Å². The second-order valence-corrected chi connectivity index (χ2v) is 7.42. The number of rotatable bonds is 4. The van der Waals surface area contributed by atoms with Crippen molar-refractivity contribution < 1.29 is 26.7 Å². The lowest BCUT2D eigenvalue weighted by molar-refractivity contribution is -0.137. The number of piperidine rings is 1. The fraction of sp³-hybridized carbons (Fsp3) is 0.412. The maximum atomic E-state index is 12.9. The second kappa shape index (κ2) is 7.92. The molecular formula is C17H19F3N4O3S. The molecule has 1 aliphatic heterocycles. The van der Waals surface area contributed by atoms with E-state index < -0.39 is 34.8 Å². The number of aromatic nitrogens is 2. The Labute approximate surface area is 162 Å². The van der Waals surface area contributed by atoms with E-state index >= 15 is 0 Å². The van der Waals surface area contributed by atoms with E-state index in [4.69, 9.17) is 0 Å². The van der Waals surface area contributed by atoms with Gasteiger partial charge in [-0.1, -0.05) is 0 Å². The standard InChI is InChI=1S/C17H19F3N4O3S/c1-22-10-15(21-11-22)23-8-2-3-12(9-23)16(25)24(28(26)27)14-6-4-13(5-7-14)17(18,19)20/h4-7,10-12H,2-3,8-9H2,1H3,(H,26,27)/t12-/m1/s1. The summed E-state index contributed by atoms with van der Waals surface area (Å²) < 4.78 is 62.0. The molecule has 2 atom stereocenters. The average Bonchev–Trinajstić information content (AvgIpc) is 3.08. The smallest absolute Gasteiger partial charge is 0.355 e. The quantitative estimate of drug-likeness (QED) is 0.776. The number of hydrogen-bond donors (Lipinski definition) is 1. The molecule has 1 aromatic heterocycles. The van der Waals surface area contributed by atoms with Crippen LogP contribution in [0.5, 0.6) is 0 Å². The van der Waals surface area contributed by atoms with Crippen LogP contribution in [0.4, 0.5) is 24.7 Å². The summed E-state index contributed by atoms with van der Waals surface area (Å²) >= 11 is -2.70. The van der Waals surface area contributed by atoms with Crippen molar-refractivity contribution >= 4 is 28.7 Å². The molecule has 1 fully saturated rings. The Kier molecular flexibility index (Phi) is 5.75. The van der Waals surface area contributed by atoms with Gasteiger partial charge in [-0.3, -0.25) is 9.35 Å². The highest BCUT2D eigenvalue weighted by molar-refractivity contribution is 7.81. The third-order valence-electron chi connectivity index (χ3n) is 4.57. The third-order valence-corrected chi connectivity index (χ3v) is 5.27. The first-order valence-electron chi connectivity index (χ1n) is 8.52. The minimum Gasteiger partial charge on any atom is -0.355 e. The van der Waals surface area contributed by atoms with Gasteiger partial charge in [0.05, 0.1) is 23.5 Å². The highest BCUT2D eigenvalue weighted by Crippen LogP contribution is 2.32. The summed E-state index contributed by atoms with van der Waals surface area (Å²) in [6.45, 7) is 1.01. The monoisotopic (exact) mass is 416 g/mol. The van der Waals surface area contributed by atoms with E-state index in [0.717, 1.165) is 24.3 Å². The number of amides is 1. The second-order valence-electron chi connectivity index (χ2n) is 6.59. The third kappa shape index (κ3) is 4.36. The van der Waals surface area contributed by atoms with Crippen LogP contribution in [0.1, 0.15) is 18.4 Å². The van der Waals surface area contributed by atoms with Crippen molar-refractivity contribution in [3.63, 3.8) is 0 Å². The maximum Gasteiger partial charge on any atom is 0.416 e. The van der Waals surface area contributed by atoms with Gasteiger partial charge in [-0.2, -0.15) is 13.2 Å². The minimum atomic E-state index is -4.53. The van der Waals surface area contributed by atoms with Crippen molar-refractivity contribution in [2.45, 2.75) is 19.0 Å². The van der Waals surface area contributed by atoms with Gasteiger partial charge in [0.15, 0.2) is 0 Å². The molecule has 28 heavy (non-hydrogen) atoms. The molecule has 0 bridgehead atoms. The van der Waals surface area contributed by atoms with E-state index in [9.17, 15) is 26.7 Å². The van der Waals surface area contributed by atoms with E-state index in [2.05, 4.69) is 4.98 Å². The number of hydrogen-bond acceptors (Lipinski definition) is 4. The number of alkyl halides is 3. The predicted octanol–water partition coefficient (Wildman–Crippen LogP) is 2.83. The molecule has 2 heterocycles. The Hall–Kier alpha value is -2.40. The largest absolute Gasteiger partial charge is 0.416 e. The van der Waals surface area contributed by atoms with Crippen molar-refractivity contribution in [3.8, 4) is 0 Å². The number of carbonyl (C=O) groups is 1. The maximum absolute atomic E-state index is 12.9. The Balaban J connectivity index is 1.80. The zero-order chi connectivity index (χ0) is 20.5. The molecular weight excluding hydrogens is 397 g/mol. The summed E-state index contributed by atoms with van der Waals surface area (Å²) in [6, 6.07) is 3.61. The zero-order valence-corrected chi connectivity index (χ0v) is 15.8. The molecule has 1 amide bonds. The molecule has 0 aliphatic carbocycles.